The van der Waals surface area contributed by atoms with Crippen LogP contribution < -0.4 is 10.5 Å². The Hall–Kier alpha value is -1.46. The highest BCUT2D eigenvalue weighted by molar-refractivity contribution is 7.81. The molecule has 0 amide bonds. The molecule has 94 valence electrons. The summed E-state index contributed by atoms with van der Waals surface area (Å²) in [5.41, 5.74) is 7.91. The molecule has 2 rings (SSSR count). The number of hydrogen-bond acceptors (Lipinski definition) is 4. The number of ether oxygens (including phenoxy) is 1. The van der Waals surface area contributed by atoms with Crippen LogP contribution >= 0.6 is 23.6 Å². The van der Waals surface area contributed by atoms with Gasteiger partial charge in [0.05, 0.1) is 4.88 Å². The Labute approximate surface area is 116 Å². The molecular formula is C13H14N2OS2. The Bertz CT molecular complexity index is 558. The van der Waals surface area contributed by atoms with Crippen LogP contribution in [0.25, 0.3) is 0 Å². The van der Waals surface area contributed by atoms with Gasteiger partial charge < -0.3 is 10.5 Å². The van der Waals surface area contributed by atoms with E-state index in [1.54, 1.807) is 6.20 Å². The molecule has 2 aromatic rings. The van der Waals surface area contributed by atoms with Crippen LogP contribution in [0, 0.1) is 13.8 Å². The summed E-state index contributed by atoms with van der Waals surface area (Å²) < 4.78 is 5.71. The molecule has 0 unspecified atom stereocenters. The van der Waals surface area contributed by atoms with E-state index < -0.39 is 0 Å². The number of aryl methyl sites for hydroxylation is 2. The predicted octanol–water partition coefficient (Wildman–Crippen LogP) is 2.97. The van der Waals surface area contributed by atoms with Gasteiger partial charge in [-0.1, -0.05) is 18.3 Å². The minimum absolute atomic E-state index is 0.380. The molecule has 3 nitrogen and oxygen atoms in total. The summed E-state index contributed by atoms with van der Waals surface area (Å²) in [6.45, 7) is 4.54. The van der Waals surface area contributed by atoms with E-state index in [4.69, 9.17) is 22.7 Å². The highest BCUT2D eigenvalue weighted by Gasteiger charge is 2.05. The largest absolute Gasteiger partial charge is 0.486 e. The van der Waals surface area contributed by atoms with E-state index in [1.807, 2.05) is 26.0 Å². The van der Waals surface area contributed by atoms with Crippen molar-refractivity contribution in [3.05, 3.63) is 45.4 Å². The molecule has 1 heterocycles. The first-order chi connectivity index (χ1) is 8.54. The van der Waals surface area contributed by atoms with Crippen molar-refractivity contribution >= 4 is 28.5 Å². The quantitative estimate of drug-likeness (QED) is 0.874. The number of hydrogen-bond donors (Lipinski definition) is 1. The van der Waals surface area contributed by atoms with Gasteiger partial charge in [-0.05, 0) is 37.1 Å². The van der Waals surface area contributed by atoms with Crippen molar-refractivity contribution in [2.75, 3.05) is 0 Å². The molecule has 0 saturated carbocycles. The molecule has 0 bridgehead atoms. The van der Waals surface area contributed by atoms with Crippen LogP contribution in [0.2, 0.25) is 0 Å². The fourth-order valence-corrected chi connectivity index (χ4v) is 2.51. The summed E-state index contributed by atoms with van der Waals surface area (Å²) in [7, 11) is 0. The molecule has 0 saturated heterocycles. The van der Waals surface area contributed by atoms with Gasteiger partial charge in [0.25, 0.3) is 0 Å². The topological polar surface area (TPSA) is 48.1 Å². The highest BCUT2D eigenvalue weighted by Crippen LogP contribution is 2.19. The number of thiazole rings is 1. The normalized spacial score (nSPS) is 10.3. The summed E-state index contributed by atoms with van der Waals surface area (Å²) in [5.74, 6) is 0.861. The second-order valence-corrected chi connectivity index (χ2v) is 5.65. The van der Waals surface area contributed by atoms with Crippen molar-refractivity contribution in [3.8, 4) is 5.75 Å². The predicted molar refractivity (Wildman–Crippen MR) is 78.2 cm³/mol. The first-order valence-electron chi connectivity index (χ1n) is 5.50. The number of rotatable bonds is 4. The second kappa shape index (κ2) is 5.46. The van der Waals surface area contributed by atoms with E-state index in [-0.39, 0.29) is 0 Å². The van der Waals surface area contributed by atoms with E-state index in [9.17, 15) is 0 Å². The van der Waals surface area contributed by atoms with E-state index in [0.717, 1.165) is 15.6 Å². The molecule has 1 aromatic carbocycles. The number of thiocarbonyl (C=S) groups is 1. The molecule has 1 aromatic heterocycles. The summed E-state index contributed by atoms with van der Waals surface area (Å²) in [6, 6.07) is 6.13. The van der Waals surface area contributed by atoms with Gasteiger partial charge in [-0.25, -0.2) is 4.98 Å². The maximum Gasteiger partial charge on any atom is 0.140 e. The highest BCUT2D eigenvalue weighted by atomic mass is 32.1. The SMILES string of the molecule is Cc1cc(C)cc(OCc2ncc(C(N)=S)s2)c1. The van der Waals surface area contributed by atoms with Crippen molar-refractivity contribution in [2.24, 2.45) is 5.73 Å². The summed E-state index contributed by atoms with van der Waals surface area (Å²) >= 11 is 6.36. The Morgan fingerprint density at radius 1 is 1.33 bits per heavy atom. The Kier molecular flexibility index (Phi) is 3.93. The minimum Gasteiger partial charge on any atom is -0.486 e. The molecular weight excluding hydrogens is 264 g/mol. The number of nitrogens with two attached hydrogens (primary N) is 1. The summed E-state index contributed by atoms with van der Waals surface area (Å²) in [5, 5.41) is 0.872. The second-order valence-electron chi connectivity index (χ2n) is 4.09. The average Bonchev–Trinajstić information content (AvgIpc) is 2.73. The third-order valence-corrected chi connectivity index (χ3v) is 3.71. The molecule has 0 atom stereocenters. The molecule has 2 N–H and O–H groups in total. The molecule has 0 fully saturated rings. The van der Waals surface area contributed by atoms with Crippen molar-refractivity contribution < 1.29 is 4.74 Å². The van der Waals surface area contributed by atoms with Gasteiger partial charge in [-0.3, -0.25) is 0 Å². The Balaban J connectivity index is 2.04. The third kappa shape index (κ3) is 3.27. The number of nitrogens with zero attached hydrogens (tertiary/aromatic N) is 1. The van der Waals surface area contributed by atoms with Gasteiger partial charge in [0.2, 0.25) is 0 Å². The van der Waals surface area contributed by atoms with Gasteiger partial charge in [-0.15, -0.1) is 11.3 Å². The average molecular weight is 278 g/mol. The molecule has 0 radical (unpaired) electrons. The Morgan fingerprint density at radius 3 is 2.56 bits per heavy atom. The van der Waals surface area contributed by atoms with Crippen LogP contribution in [0.3, 0.4) is 0 Å². The summed E-state index contributed by atoms with van der Waals surface area (Å²) in [4.78, 5) is 5.43. The molecule has 5 heteroatoms. The maximum atomic E-state index is 5.71. The number of benzene rings is 1. The van der Waals surface area contributed by atoms with E-state index >= 15 is 0 Å². The van der Waals surface area contributed by atoms with Gasteiger partial charge in [0.1, 0.15) is 22.4 Å². The van der Waals surface area contributed by atoms with E-state index in [2.05, 4.69) is 11.1 Å². The van der Waals surface area contributed by atoms with Crippen LogP contribution in [0.5, 0.6) is 5.75 Å². The zero-order valence-electron chi connectivity index (χ0n) is 10.3. The fraction of sp³-hybridized carbons (Fsp3) is 0.231. The lowest BCUT2D eigenvalue weighted by atomic mass is 10.1. The van der Waals surface area contributed by atoms with Crippen molar-refractivity contribution in [1.82, 2.24) is 4.98 Å². The molecule has 0 aliphatic carbocycles. The standard InChI is InChI=1S/C13H14N2OS2/c1-8-3-9(2)5-10(4-8)16-7-12-15-6-11(18-12)13(14)17/h3-6H,7H2,1-2H3,(H2,14,17). The first-order valence-corrected chi connectivity index (χ1v) is 6.72. The lowest BCUT2D eigenvalue weighted by Gasteiger charge is -2.06. The van der Waals surface area contributed by atoms with Gasteiger partial charge in [0, 0.05) is 6.20 Å². The van der Waals surface area contributed by atoms with Gasteiger partial charge in [-0.2, -0.15) is 0 Å². The van der Waals surface area contributed by atoms with Crippen LogP contribution in [0.15, 0.2) is 24.4 Å². The molecule has 18 heavy (non-hydrogen) atoms. The summed E-state index contributed by atoms with van der Waals surface area (Å²) in [6.07, 6.45) is 1.69. The van der Waals surface area contributed by atoms with Crippen LogP contribution in [0.1, 0.15) is 21.0 Å². The van der Waals surface area contributed by atoms with Crippen LogP contribution in [-0.2, 0) is 6.61 Å². The molecule has 0 aliphatic rings. The van der Waals surface area contributed by atoms with Crippen molar-refractivity contribution in [3.63, 3.8) is 0 Å². The van der Waals surface area contributed by atoms with Gasteiger partial charge in [0.15, 0.2) is 0 Å². The third-order valence-electron chi connectivity index (χ3n) is 2.35. The van der Waals surface area contributed by atoms with Crippen molar-refractivity contribution in [2.45, 2.75) is 20.5 Å². The first kappa shape index (κ1) is 13.0. The lowest BCUT2D eigenvalue weighted by molar-refractivity contribution is 0.305. The number of aromatic nitrogens is 1. The van der Waals surface area contributed by atoms with Crippen molar-refractivity contribution in [1.29, 1.82) is 0 Å². The minimum atomic E-state index is 0.380. The molecule has 0 spiro atoms. The zero-order valence-corrected chi connectivity index (χ0v) is 11.9. The smallest absolute Gasteiger partial charge is 0.140 e. The molecule has 0 aliphatic heterocycles. The van der Waals surface area contributed by atoms with Crippen LogP contribution in [-0.4, -0.2) is 9.97 Å². The Morgan fingerprint density at radius 2 is 2.00 bits per heavy atom. The monoisotopic (exact) mass is 278 g/mol. The zero-order chi connectivity index (χ0) is 13.1. The van der Waals surface area contributed by atoms with Crippen LogP contribution in [0.4, 0.5) is 0 Å². The fourth-order valence-electron chi connectivity index (χ4n) is 1.65. The van der Waals surface area contributed by atoms with Gasteiger partial charge >= 0.3 is 0 Å². The van der Waals surface area contributed by atoms with E-state index in [1.165, 1.54) is 22.5 Å². The lowest BCUT2D eigenvalue weighted by Crippen LogP contribution is -2.06. The maximum absolute atomic E-state index is 5.71. The van der Waals surface area contributed by atoms with E-state index in [0.29, 0.717) is 11.6 Å².